The van der Waals surface area contributed by atoms with E-state index in [1.54, 1.807) is 7.11 Å². The summed E-state index contributed by atoms with van der Waals surface area (Å²) in [4.78, 5) is 4.28. The summed E-state index contributed by atoms with van der Waals surface area (Å²) in [5.41, 5.74) is 7.84. The van der Waals surface area contributed by atoms with Crippen LogP contribution in [0.2, 0.25) is 0 Å². The molecule has 6 heteroatoms. The number of nitrogens with two attached hydrogens (primary N) is 1. The van der Waals surface area contributed by atoms with Crippen LogP contribution in [0.4, 0.5) is 0 Å². The first kappa shape index (κ1) is 13.2. The average Bonchev–Trinajstić information content (AvgIpc) is 2.78. The van der Waals surface area contributed by atoms with Crippen LogP contribution >= 0.6 is 15.9 Å². The van der Waals surface area contributed by atoms with Crippen LogP contribution in [0.1, 0.15) is 17.4 Å². The molecule has 1 unspecified atom stereocenters. The minimum Gasteiger partial charge on any atom is -0.383 e. The summed E-state index contributed by atoms with van der Waals surface area (Å²) < 4.78 is 11.1. The van der Waals surface area contributed by atoms with Gasteiger partial charge in [0.2, 0.25) is 0 Å². The molecule has 0 saturated heterocycles. The molecule has 1 aromatic carbocycles. The highest BCUT2D eigenvalue weighted by atomic mass is 79.9. The Morgan fingerprint density at radius 3 is 2.94 bits per heavy atom. The van der Waals surface area contributed by atoms with Crippen molar-refractivity contribution in [1.82, 2.24) is 10.1 Å². The molecule has 5 nitrogen and oxygen atoms in total. The average molecular weight is 312 g/mol. The van der Waals surface area contributed by atoms with E-state index in [0.717, 1.165) is 15.6 Å². The number of rotatable bonds is 4. The molecule has 1 atom stereocenters. The molecule has 96 valence electrons. The van der Waals surface area contributed by atoms with Crippen molar-refractivity contribution in [2.75, 3.05) is 13.7 Å². The molecule has 0 aliphatic heterocycles. The maximum absolute atomic E-state index is 5.84. The van der Waals surface area contributed by atoms with Crippen LogP contribution in [0.5, 0.6) is 0 Å². The fraction of sp³-hybridized carbons (Fsp3) is 0.333. The maximum Gasteiger partial charge on any atom is 0.259 e. The zero-order valence-corrected chi connectivity index (χ0v) is 11.8. The molecule has 18 heavy (non-hydrogen) atoms. The van der Waals surface area contributed by atoms with Crippen LogP contribution in [0.25, 0.3) is 11.5 Å². The second kappa shape index (κ2) is 5.60. The highest BCUT2D eigenvalue weighted by molar-refractivity contribution is 9.10. The van der Waals surface area contributed by atoms with E-state index >= 15 is 0 Å². The lowest BCUT2D eigenvalue weighted by Crippen LogP contribution is -2.17. The number of benzene rings is 1. The molecular weight excluding hydrogens is 298 g/mol. The second-order valence-electron chi connectivity index (χ2n) is 4.00. The van der Waals surface area contributed by atoms with Crippen molar-refractivity contribution >= 4 is 15.9 Å². The Morgan fingerprint density at radius 1 is 1.50 bits per heavy atom. The maximum atomic E-state index is 5.84. The second-order valence-corrected chi connectivity index (χ2v) is 4.86. The number of ether oxygens (including phenoxy) is 1. The van der Waals surface area contributed by atoms with Crippen molar-refractivity contribution in [3.05, 3.63) is 34.1 Å². The van der Waals surface area contributed by atoms with Gasteiger partial charge in [-0.2, -0.15) is 4.98 Å². The topological polar surface area (TPSA) is 74.2 Å². The Kier molecular flexibility index (Phi) is 4.11. The largest absolute Gasteiger partial charge is 0.383 e. The Bertz CT molecular complexity index is 542. The molecule has 0 spiro atoms. The van der Waals surface area contributed by atoms with Gasteiger partial charge in [-0.3, -0.25) is 0 Å². The third-order valence-electron chi connectivity index (χ3n) is 2.47. The molecule has 1 heterocycles. The lowest BCUT2D eigenvalue weighted by Gasteiger charge is -2.03. The molecule has 1 aromatic heterocycles. The zero-order chi connectivity index (χ0) is 13.1. The van der Waals surface area contributed by atoms with Crippen molar-refractivity contribution < 1.29 is 9.26 Å². The number of aryl methyl sites for hydroxylation is 1. The molecule has 0 radical (unpaired) electrons. The Labute approximate surface area is 113 Å². The lowest BCUT2D eigenvalue weighted by molar-refractivity contribution is 0.177. The van der Waals surface area contributed by atoms with Gasteiger partial charge in [-0.1, -0.05) is 11.2 Å². The molecule has 2 rings (SSSR count). The van der Waals surface area contributed by atoms with E-state index in [4.69, 9.17) is 15.0 Å². The summed E-state index contributed by atoms with van der Waals surface area (Å²) in [6, 6.07) is 5.53. The summed E-state index contributed by atoms with van der Waals surface area (Å²) in [5, 5.41) is 3.86. The van der Waals surface area contributed by atoms with Gasteiger partial charge in [0.25, 0.3) is 5.89 Å². The molecule has 2 N–H and O–H groups in total. The zero-order valence-electron chi connectivity index (χ0n) is 10.2. The van der Waals surface area contributed by atoms with Crippen LogP contribution in [0.15, 0.2) is 27.2 Å². The highest BCUT2D eigenvalue weighted by Gasteiger charge is 2.16. The number of halogens is 1. The van der Waals surface area contributed by atoms with Gasteiger partial charge in [-0.15, -0.1) is 0 Å². The highest BCUT2D eigenvalue weighted by Crippen LogP contribution is 2.28. The van der Waals surface area contributed by atoms with Gasteiger partial charge < -0.3 is 15.0 Å². The Hall–Kier alpha value is -1.24. The predicted molar refractivity (Wildman–Crippen MR) is 71.0 cm³/mol. The van der Waals surface area contributed by atoms with E-state index in [1.807, 2.05) is 25.1 Å². The smallest absolute Gasteiger partial charge is 0.259 e. The van der Waals surface area contributed by atoms with Gasteiger partial charge in [0.1, 0.15) is 0 Å². The van der Waals surface area contributed by atoms with Crippen LogP contribution in [-0.4, -0.2) is 23.9 Å². The third-order valence-corrected chi connectivity index (χ3v) is 3.13. The first-order valence-corrected chi connectivity index (χ1v) is 6.25. The normalized spacial score (nSPS) is 12.7. The minimum absolute atomic E-state index is 0.355. The molecule has 0 bridgehead atoms. The van der Waals surface area contributed by atoms with Crippen LogP contribution in [-0.2, 0) is 4.74 Å². The summed E-state index contributed by atoms with van der Waals surface area (Å²) >= 11 is 3.48. The van der Waals surface area contributed by atoms with Crippen molar-refractivity contribution in [3.8, 4) is 11.5 Å². The Balaban J connectivity index is 2.29. The van der Waals surface area contributed by atoms with Crippen LogP contribution in [0, 0.1) is 6.92 Å². The van der Waals surface area contributed by atoms with E-state index < -0.39 is 0 Å². The standard InChI is InChI=1S/C12H14BrN3O2/c1-7-3-4-8(9(13)5-7)12-15-11(16-18-12)10(14)6-17-2/h3-5,10H,6,14H2,1-2H3. The minimum atomic E-state index is -0.378. The van der Waals surface area contributed by atoms with Crippen LogP contribution in [0.3, 0.4) is 0 Å². The fourth-order valence-corrected chi connectivity index (χ4v) is 2.21. The van der Waals surface area contributed by atoms with Gasteiger partial charge in [0.05, 0.1) is 18.2 Å². The number of methoxy groups -OCH3 is 1. The quantitative estimate of drug-likeness (QED) is 0.938. The number of aromatic nitrogens is 2. The van der Waals surface area contributed by atoms with Crippen molar-refractivity contribution in [2.45, 2.75) is 13.0 Å². The molecule has 0 saturated carbocycles. The van der Waals surface area contributed by atoms with Gasteiger partial charge in [-0.05, 0) is 40.5 Å². The number of hydrogen-bond donors (Lipinski definition) is 1. The van der Waals surface area contributed by atoms with E-state index in [9.17, 15) is 0 Å². The molecule has 2 aromatic rings. The SMILES string of the molecule is COCC(N)c1noc(-c2ccc(C)cc2Br)n1. The predicted octanol–water partition coefficient (Wildman–Crippen LogP) is 2.45. The first-order chi connectivity index (χ1) is 8.61. The summed E-state index contributed by atoms with van der Waals surface area (Å²) in [7, 11) is 1.58. The van der Waals surface area contributed by atoms with E-state index in [1.165, 1.54) is 0 Å². The summed E-state index contributed by atoms with van der Waals surface area (Å²) in [6.07, 6.45) is 0. The van der Waals surface area contributed by atoms with Crippen molar-refractivity contribution in [1.29, 1.82) is 0 Å². The summed E-state index contributed by atoms with van der Waals surface area (Å²) in [6.45, 7) is 2.37. The van der Waals surface area contributed by atoms with E-state index in [0.29, 0.717) is 18.3 Å². The molecule has 0 fully saturated rings. The lowest BCUT2D eigenvalue weighted by atomic mass is 10.1. The van der Waals surface area contributed by atoms with Crippen molar-refractivity contribution in [2.24, 2.45) is 5.73 Å². The molecule has 0 amide bonds. The fourth-order valence-electron chi connectivity index (χ4n) is 1.54. The molecule has 0 aliphatic rings. The van der Waals surface area contributed by atoms with Gasteiger partial charge in [-0.25, -0.2) is 0 Å². The Morgan fingerprint density at radius 2 is 2.28 bits per heavy atom. The number of hydrogen-bond acceptors (Lipinski definition) is 5. The molecule has 0 aliphatic carbocycles. The van der Waals surface area contributed by atoms with Gasteiger partial charge >= 0.3 is 0 Å². The van der Waals surface area contributed by atoms with E-state index in [-0.39, 0.29) is 6.04 Å². The monoisotopic (exact) mass is 311 g/mol. The van der Waals surface area contributed by atoms with E-state index in [2.05, 4.69) is 26.1 Å². The van der Waals surface area contributed by atoms with Crippen molar-refractivity contribution in [3.63, 3.8) is 0 Å². The molecular formula is C12H14BrN3O2. The number of nitrogens with zero attached hydrogens (tertiary/aromatic N) is 2. The third kappa shape index (κ3) is 2.77. The first-order valence-electron chi connectivity index (χ1n) is 5.46. The van der Waals surface area contributed by atoms with Gasteiger partial charge in [0.15, 0.2) is 5.82 Å². The van der Waals surface area contributed by atoms with Crippen LogP contribution < -0.4 is 5.73 Å². The summed E-state index contributed by atoms with van der Waals surface area (Å²) in [5.74, 6) is 0.891. The van der Waals surface area contributed by atoms with Gasteiger partial charge in [0, 0.05) is 11.6 Å².